The first-order chi connectivity index (χ1) is 8.49. The average molecular weight is 250 g/mol. The zero-order valence-corrected chi connectivity index (χ0v) is 9.45. The van der Waals surface area contributed by atoms with E-state index in [1.165, 1.54) is 6.07 Å². The van der Waals surface area contributed by atoms with Crippen LogP contribution in [0.3, 0.4) is 0 Å². The third-order valence-electron chi connectivity index (χ3n) is 2.21. The quantitative estimate of drug-likeness (QED) is 0.591. The minimum Gasteiger partial charge on any atom is -0.480 e. The van der Waals surface area contributed by atoms with E-state index in [-0.39, 0.29) is 11.5 Å². The highest BCUT2D eigenvalue weighted by atomic mass is 16.6. The standard InChI is InChI=1S/C10H10N4O4/c1-2-6(10(15)16)12-9-4-3-8(14(17)18)7(5-11)13-9/h3-4,6H,2H2,1H3,(H,12,13)(H,15,16). The lowest BCUT2D eigenvalue weighted by molar-refractivity contribution is -0.385. The molecule has 0 fully saturated rings. The highest BCUT2D eigenvalue weighted by molar-refractivity contribution is 5.76. The fraction of sp³-hybridized carbons (Fsp3) is 0.300. The normalized spacial score (nSPS) is 11.3. The SMILES string of the molecule is CCC(Nc1ccc([N+](=O)[O-])c(C#N)n1)C(=O)O. The zero-order chi connectivity index (χ0) is 13.7. The topological polar surface area (TPSA) is 129 Å². The summed E-state index contributed by atoms with van der Waals surface area (Å²) in [4.78, 5) is 24.4. The van der Waals surface area contributed by atoms with Gasteiger partial charge in [0.15, 0.2) is 0 Å². The molecule has 0 saturated heterocycles. The van der Waals surface area contributed by atoms with Crippen LogP contribution in [0.5, 0.6) is 0 Å². The average Bonchev–Trinajstić information content (AvgIpc) is 2.34. The second kappa shape index (κ2) is 5.58. The first-order valence-electron chi connectivity index (χ1n) is 5.04. The second-order valence-electron chi connectivity index (χ2n) is 3.38. The molecule has 1 rings (SSSR count). The van der Waals surface area contributed by atoms with Gasteiger partial charge in [0.2, 0.25) is 5.69 Å². The molecule has 0 aliphatic rings. The van der Waals surface area contributed by atoms with Gasteiger partial charge in [-0.3, -0.25) is 10.1 Å². The Morgan fingerprint density at radius 1 is 1.72 bits per heavy atom. The molecule has 0 saturated carbocycles. The minimum atomic E-state index is -1.06. The van der Waals surface area contributed by atoms with Crippen molar-refractivity contribution in [3.63, 3.8) is 0 Å². The third kappa shape index (κ3) is 2.91. The molecule has 0 aliphatic heterocycles. The van der Waals surface area contributed by atoms with Crippen molar-refractivity contribution in [2.45, 2.75) is 19.4 Å². The Hall–Kier alpha value is -2.69. The summed E-state index contributed by atoms with van der Waals surface area (Å²) < 4.78 is 0. The summed E-state index contributed by atoms with van der Waals surface area (Å²) in [7, 11) is 0. The number of nitro groups is 1. The summed E-state index contributed by atoms with van der Waals surface area (Å²) in [6.45, 7) is 1.67. The summed E-state index contributed by atoms with van der Waals surface area (Å²) in [5, 5.41) is 30.7. The van der Waals surface area contributed by atoms with Gasteiger partial charge in [-0.25, -0.2) is 9.78 Å². The van der Waals surface area contributed by atoms with Crippen molar-refractivity contribution in [1.82, 2.24) is 4.98 Å². The van der Waals surface area contributed by atoms with E-state index in [4.69, 9.17) is 10.4 Å². The van der Waals surface area contributed by atoms with Gasteiger partial charge in [-0.2, -0.15) is 5.26 Å². The predicted molar refractivity (Wildman–Crippen MR) is 60.9 cm³/mol. The van der Waals surface area contributed by atoms with E-state index < -0.39 is 22.6 Å². The van der Waals surface area contributed by atoms with E-state index >= 15 is 0 Å². The number of aromatic nitrogens is 1. The van der Waals surface area contributed by atoms with E-state index in [2.05, 4.69) is 10.3 Å². The Bertz CT molecular complexity index is 523. The third-order valence-corrected chi connectivity index (χ3v) is 2.21. The van der Waals surface area contributed by atoms with Gasteiger partial charge in [-0.1, -0.05) is 6.92 Å². The number of rotatable bonds is 5. The van der Waals surface area contributed by atoms with E-state index in [9.17, 15) is 14.9 Å². The van der Waals surface area contributed by atoms with Crippen LogP contribution < -0.4 is 5.32 Å². The van der Waals surface area contributed by atoms with Crippen molar-refractivity contribution in [2.75, 3.05) is 5.32 Å². The summed E-state index contributed by atoms with van der Waals surface area (Å²) in [6, 6.07) is 3.12. The van der Waals surface area contributed by atoms with Gasteiger partial charge in [0.05, 0.1) is 4.92 Å². The monoisotopic (exact) mass is 250 g/mol. The first-order valence-corrected chi connectivity index (χ1v) is 5.04. The predicted octanol–water partition coefficient (Wildman–Crippen LogP) is 1.14. The fourth-order valence-corrected chi connectivity index (χ4v) is 1.28. The van der Waals surface area contributed by atoms with Gasteiger partial charge < -0.3 is 10.4 Å². The van der Waals surface area contributed by atoms with E-state index in [1.54, 1.807) is 13.0 Å². The molecule has 0 aromatic carbocycles. The van der Waals surface area contributed by atoms with Crippen molar-refractivity contribution < 1.29 is 14.8 Å². The van der Waals surface area contributed by atoms with Crippen LogP contribution in [0.4, 0.5) is 11.5 Å². The maximum atomic E-state index is 10.8. The smallest absolute Gasteiger partial charge is 0.326 e. The van der Waals surface area contributed by atoms with Crippen molar-refractivity contribution in [3.05, 3.63) is 27.9 Å². The molecule has 1 atom stereocenters. The molecule has 18 heavy (non-hydrogen) atoms. The molecular formula is C10H10N4O4. The number of hydrogen-bond acceptors (Lipinski definition) is 6. The van der Waals surface area contributed by atoms with Crippen molar-refractivity contribution >= 4 is 17.5 Å². The molecule has 0 radical (unpaired) electrons. The van der Waals surface area contributed by atoms with Gasteiger partial charge in [0.25, 0.3) is 0 Å². The van der Waals surface area contributed by atoms with Crippen LogP contribution in [0, 0.1) is 21.4 Å². The Labute approximate surface area is 102 Å². The Morgan fingerprint density at radius 2 is 2.39 bits per heavy atom. The van der Waals surface area contributed by atoms with Crippen LogP contribution in [0.15, 0.2) is 12.1 Å². The zero-order valence-electron chi connectivity index (χ0n) is 9.45. The van der Waals surface area contributed by atoms with Gasteiger partial charge in [-0.05, 0) is 12.5 Å². The van der Waals surface area contributed by atoms with Gasteiger partial charge in [0, 0.05) is 6.07 Å². The molecule has 0 amide bonds. The van der Waals surface area contributed by atoms with Crippen molar-refractivity contribution in [1.29, 1.82) is 5.26 Å². The number of pyridine rings is 1. The molecule has 8 heteroatoms. The highest BCUT2D eigenvalue weighted by Crippen LogP contribution is 2.18. The lowest BCUT2D eigenvalue weighted by atomic mass is 10.2. The van der Waals surface area contributed by atoms with E-state index in [0.29, 0.717) is 6.42 Å². The molecule has 1 heterocycles. The summed E-state index contributed by atoms with van der Waals surface area (Å²) >= 11 is 0. The number of carbonyl (C=O) groups is 1. The molecule has 1 aromatic heterocycles. The molecule has 1 unspecified atom stereocenters. The molecular weight excluding hydrogens is 240 g/mol. The van der Waals surface area contributed by atoms with Crippen LogP contribution in [-0.4, -0.2) is 27.0 Å². The highest BCUT2D eigenvalue weighted by Gasteiger charge is 2.19. The van der Waals surface area contributed by atoms with Crippen LogP contribution in [0.25, 0.3) is 0 Å². The molecule has 1 aromatic rings. The molecule has 94 valence electrons. The number of aliphatic carboxylic acids is 1. The first kappa shape index (κ1) is 13.4. The second-order valence-corrected chi connectivity index (χ2v) is 3.38. The van der Waals surface area contributed by atoms with Gasteiger partial charge in [0.1, 0.15) is 17.9 Å². The lowest BCUT2D eigenvalue weighted by Crippen LogP contribution is -2.28. The number of nitriles is 1. The van der Waals surface area contributed by atoms with Crippen LogP contribution in [0.2, 0.25) is 0 Å². The summed E-state index contributed by atoms with van der Waals surface area (Å²) in [6.07, 6.45) is 0.315. The number of hydrogen-bond donors (Lipinski definition) is 2. The molecule has 8 nitrogen and oxygen atoms in total. The van der Waals surface area contributed by atoms with Crippen LogP contribution in [0.1, 0.15) is 19.0 Å². The number of carboxylic acids is 1. The molecule has 0 aliphatic carbocycles. The summed E-state index contributed by atoms with van der Waals surface area (Å²) in [5.74, 6) is -0.942. The van der Waals surface area contributed by atoms with Gasteiger partial charge >= 0.3 is 11.7 Å². The van der Waals surface area contributed by atoms with E-state index in [0.717, 1.165) is 6.07 Å². The fourth-order valence-electron chi connectivity index (χ4n) is 1.28. The van der Waals surface area contributed by atoms with E-state index in [1.807, 2.05) is 0 Å². The Balaban J connectivity index is 3.03. The molecule has 2 N–H and O–H groups in total. The number of carboxylic acid groups (broad SMARTS) is 1. The van der Waals surface area contributed by atoms with Crippen LogP contribution >= 0.6 is 0 Å². The maximum Gasteiger partial charge on any atom is 0.326 e. The van der Waals surface area contributed by atoms with Crippen LogP contribution in [-0.2, 0) is 4.79 Å². The number of nitrogens with zero attached hydrogens (tertiary/aromatic N) is 3. The Kier molecular flexibility index (Phi) is 4.15. The Morgan fingerprint density at radius 3 is 2.83 bits per heavy atom. The number of anilines is 1. The largest absolute Gasteiger partial charge is 0.480 e. The lowest BCUT2D eigenvalue weighted by Gasteiger charge is -2.12. The van der Waals surface area contributed by atoms with Gasteiger partial charge in [-0.15, -0.1) is 0 Å². The minimum absolute atomic E-state index is 0.117. The van der Waals surface area contributed by atoms with Crippen molar-refractivity contribution in [2.24, 2.45) is 0 Å². The summed E-state index contributed by atoms with van der Waals surface area (Å²) in [5.41, 5.74) is -0.767. The number of nitrogens with one attached hydrogen (secondary N) is 1. The molecule has 0 bridgehead atoms. The molecule has 0 spiro atoms. The van der Waals surface area contributed by atoms with Crippen molar-refractivity contribution in [3.8, 4) is 6.07 Å². The maximum absolute atomic E-state index is 10.8.